The first-order valence-corrected chi connectivity index (χ1v) is 8.04. The Hall–Kier alpha value is -2.32. The van der Waals surface area contributed by atoms with Gasteiger partial charge in [-0.25, -0.2) is 9.66 Å². The van der Waals surface area contributed by atoms with Gasteiger partial charge in [-0.1, -0.05) is 47.3 Å². The van der Waals surface area contributed by atoms with Crippen LogP contribution < -0.4 is 5.84 Å². The average molecular weight is 331 g/mol. The lowest BCUT2D eigenvalue weighted by Gasteiger charge is -2.01. The van der Waals surface area contributed by atoms with E-state index in [-0.39, 0.29) is 6.10 Å². The molecule has 0 unspecified atom stereocenters. The number of benzene rings is 1. The van der Waals surface area contributed by atoms with Crippen LogP contribution in [0.25, 0.3) is 11.3 Å². The molecular weight excluding hydrogens is 314 g/mol. The van der Waals surface area contributed by atoms with Crippen LogP contribution in [0.2, 0.25) is 0 Å². The van der Waals surface area contributed by atoms with E-state index in [1.807, 2.05) is 37.3 Å². The Kier molecular flexibility index (Phi) is 4.63. The van der Waals surface area contributed by atoms with Crippen LogP contribution in [0.5, 0.6) is 0 Å². The zero-order valence-corrected chi connectivity index (χ0v) is 13.7. The molecule has 3 rings (SSSR count). The van der Waals surface area contributed by atoms with Crippen LogP contribution >= 0.6 is 11.8 Å². The Balaban J connectivity index is 1.69. The Labute approximate surface area is 137 Å². The first-order valence-electron chi connectivity index (χ1n) is 7.05. The number of ether oxygens (including phenoxy) is 1. The molecule has 0 aliphatic heterocycles. The van der Waals surface area contributed by atoms with Gasteiger partial charge in [-0.15, -0.1) is 0 Å². The van der Waals surface area contributed by atoms with Gasteiger partial charge in [-0.05, 0) is 6.92 Å². The van der Waals surface area contributed by atoms with Gasteiger partial charge in [0, 0.05) is 12.7 Å². The van der Waals surface area contributed by atoms with Crippen LogP contribution in [0.15, 0.2) is 46.2 Å². The zero-order chi connectivity index (χ0) is 16.2. The number of hydrogen-bond acceptors (Lipinski definition) is 7. The van der Waals surface area contributed by atoms with Crippen LogP contribution in [0, 0.1) is 0 Å². The van der Waals surface area contributed by atoms with Gasteiger partial charge < -0.3 is 15.1 Å². The van der Waals surface area contributed by atoms with Gasteiger partial charge in [0.15, 0.2) is 11.0 Å². The molecule has 2 aromatic heterocycles. The molecule has 0 bridgehead atoms. The lowest BCUT2D eigenvalue weighted by molar-refractivity contribution is 0.109. The summed E-state index contributed by atoms with van der Waals surface area (Å²) in [6.07, 6.45) is 1.60. The van der Waals surface area contributed by atoms with Crippen molar-refractivity contribution in [1.82, 2.24) is 19.8 Å². The highest BCUT2D eigenvalue weighted by molar-refractivity contribution is 7.98. The molecule has 1 aromatic carbocycles. The molecule has 0 saturated carbocycles. The second kappa shape index (κ2) is 6.84. The minimum atomic E-state index is -0.196. The van der Waals surface area contributed by atoms with Crippen molar-refractivity contribution in [3.63, 3.8) is 0 Å². The molecule has 2 N–H and O–H groups in total. The van der Waals surface area contributed by atoms with E-state index in [1.54, 1.807) is 13.3 Å². The van der Waals surface area contributed by atoms with Gasteiger partial charge >= 0.3 is 0 Å². The summed E-state index contributed by atoms with van der Waals surface area (Å²) in [4.78, 5) is 8.83. The molecule has 8 heteroatoms. The molecule has 0 aliphatic rings. The molecule has 0 saturated heterocycles. The van der Waals surface area contributed by atoms with Gasteiger partial charge in [-0.3, -0.25) is 0 Å². The van der Waals surface area contributed by atoms with E-state index < -0.39 is 0 Å². The Morgan fingerprint density at radius 2 is 2.09 bits per heavy atom. The number of methoxy groups -OCH3 is 1. The number of nitrogen functional groups attached to an aromatic ring is 1. The molecule has 120 valence electrons. The van der Waals surface area contributed by atoms with E-state index in [9.17, 15) is 0 Å². The first kappa shape index (κ1) is 15.6. The standard InChI is InChI=1S/C15H17N5O2S/c1-10(21-2)14-18-13(22-19-14)9-23-15-17-12(8-20(15)16)11-6-4-3-5-7-11/h3-8,10H,9,16H2,1-2H3/t10-/m0/s1. The topological polar surface area (TPSA) is 92.0 Å². The summed E-state index contributed by atoms with van der Waals surface area (Å²) in [6, 6.07) is 9.89. The molecule has 7 nitrogen and oxygen atoms in total. The SMILES string of the molecule is CO[C@@H](C)c1noc(CSc2nc(-c3ccccc3)cn2N)n1. The first-order chi connectivity index (χ1) is 11.2. The van der Waals surface area contributed by atoms with Crippen molar-refractivity contribution in [3.8, 4) is 11.3 Å². The molecule has 3 aromatic rings. The summed E-state index contributed by atoms with van der Waals surface area (Å²) in [5, 5.41) is 4.58. The van der Waals surface area contributed by atoms with E-state index in [2.05, 4.69) is 15.1 Å². The number of imidazole rings is 1. The van der Waals surface area contributed by atoms with Crippen molar-refractivity contribution in [2.24, 2.45) is 0 Å². The summed E-state index contributed by atoms with van der Waals surface area (Å²) in [5.74, 6) is 7.50. The third-order valence-electron chi connectivity index (χ3n) is 3.29. The summed E-state index contributed by atoms with van der Waals surface area (Å²) >= 11 is 1.44. The Morgan fingerprint density at radius 1 is 1.30 bits per heavy atom. The lowest BCUT2D eigenvalue weighted by atomic mass is 10.2. The van der Waals surface area contributed by atoms with Crippen LogP contribution in [0.4, 0.5) is 0 Å². The molecule has 0 aliphatic carbocycles. The van der Waals surface area contributed by atoms with Crippen LogP contribution in [0.3, 0.4) is 0 Å². The largest absolute Gasteiger partial charge is 0.374 e. The predicted molar refractivity (Wildman–Crippen MR) is 87.1 cm³/mol. The van der Waals surface area contributed by atoms with E-state index in [4.69, 9.17) is 15.1 Å². The van der Waals surface area contributed by atoms with Crippen molar-refractivity contribution in [2.45, 2.75) is 23.9 Å². The highest BCUT2D eigenvalue weighted by Gasteiger charge is 2.15. The van der Waals surface area contributed by atoms with Crippen LogP contribution in [0.1, 0.15) is 24.7 Å². The Morgan fingerprint density at radius 3 is 2.83 bits per heavy atom. The van der Waals surface area contributed by atoms with Gasteiger partial charge in [0.2, 0.25) is 5.89 Å². The maximum Gasteiger partial charge on any atom is 0.237 e. The van der Waals surface area contributed by atoms with Crippen molar-refractivity contribution in [3.05, 3.63) is 48.2 Å². The number of nitrogens with two attached hydrogens (primary N) is 1. The highest BCUT2D eigenvalue weighted by Crippen LogP contribution is 2.25. The van der Waals surface area contributed by atoms with E-state index >= 15 is 0 Å². The predicted octanol–water partition coefficient (Wildman–Crippen LogP) is 2.65. The molecule has 1 atom stereocenters. The van der Waals surface area contributed by atoms with E-state index in [1.165, 1.54) is 16.4 Å². The fourth-order valence-corrected chi connectivity index (χ4v) is 2.69. The van der Waals surface area contributed by atoms with Crippen molar-refractivity contribution in [1.29, 1.82) is 0 Å². The molecule has 0 amide bonds. The van der Waals surface area contributed by atoms with Gasteiger partial charge in [0.05, 0.1) is 17.6 Å². The van der Waals surface area contributed by atoms with E-state index in [0.717, 1.165) is 11.3 Å². The maximum atomic E-state index is 5.96. The quantitative estimate of drug-likeness (QED) is 0.548. The monoisotopic (exact) mass is 331 g/mol. The van der Waals surface area contributed by atoms with Gasteiger partial charge in [0.1, 0.15) is 6.10 Å². The lowest BCUT2D eigenvalue weighted by Crippen LogP contribution is -2.07. The Bertz CT molecular complexity index is 771. The average Bonchev–Trinajstić information content (AvgIpc) is 3.20. The number of aromatic nitrogens is 4. The minimum absolute atomic E-state index is 0.196. The molecule has 0 radical (unpaired) electrons. The normalized spacial score (nSPS) is 12.4. The molecule has 0 fully saturated rings. The molecule has 2 heterocycles. The van der Waals surface area contributed by atoms with Gasteiger partial charge in [-0.2, -0.15) is 4.98 Å². The van der Waals surface area contributed by atoms with Crippen LogP contribution in [-0.4, -0.2) is 26.9 Å². The van der Waals surface area contributed by atoms with E-state index in [0.29, 0.717) is 22.6 Å². The number of nitrogens with zero attached hydrogens (tertiary/aromatic N) is 4. The van der Waals surface area contributed by atoms with Gasteiger partial charge in [0.25, 0.3) is 0 Å². The third-order valence-corrected chi connectivity index (χ3v) is 4.25. The maximum absolute atomic E-state index is 5.96. The van der Waals surface area contributed by atoms with Crippen molar-refractivity contribution in [2.75, 3.05) is 13.0 Å². The second-order valence-corrected chi connectivity index (χ2v) is 5.84. The summed E-state index contributed by atoms with van der Waals surface area (Å²) in [7, 11) is 1.60. The number of rotatable bonds is 6. The molecule has 23 heavy (non-hydrogen) atoms. The number of hydrogen-bond donors (Lipinski definition) is 1. The fourth-order valence-electron chi connectivity index (χ4n) is 1.95. The molecule has 0 spiro atoms. The summed E-state index contributed by atoms with van der Waals surface area (Å²) in [5.41, 5.74) is 1.85. The minimum Gasteiger partial charge on any atom is -0.374 e. The second-order valence-electron chi connectivity index (χ2n) is 4.89. The summed E-state index contributed by atoms with van der Waals surface area (Å²) < 4.78 is 11.9. The van der Waals surface area contributed by atoms with Crippen molar-refractivity contribution >= 4 is 11.8 Å². The zero-order valence-electron chi connectivity index (χ0n) is 12.8. The highest BCUT2D eigenvalue weighted by atomic mass is 32.2. The number of thioether (sulfide) groups is 1. The van der Waals surface area contributed by atoms with Crippen molar-refractivity contribution < 1.29 is 9.26 Å². The third kappa shape index (κ3) is 3.54. The molecular formula is C15H17N5O2S. The smallest absolute Gasteiger partial charge is 0.237 e. The fraction of sp³-hybridized carbons (Fsp3) is 0.267. The summed E-state index contributed by atoms with van der Waals surface area (Å²) in [6.45, 7) is 1.86. The van der Waals surface area contributed by atoms with Crippen LogP contribution in [-0.2, 0) is 10.5 Å².